The lowest BCUT2D eigenvalue weighted by molar-refractivity contribution is 0.0943. The van der Waals surface area contributed by atoms with E-state index in [1.54, 1.807) is 0 Å². The highest BCUT2D eigenvalue weighted by Gasteiger charge is 2.15. The monoisotopic (exact) mass is 351 g/mol. The van der Waals surface area contributed by atoms with Gasteiger partial charge in [0.25, 0.3) is 5.91 Å². The largest absolute Gasteiger partial charge is 0.396 e. The van der Waals surface area contributed by atoms with E-state index in [0.717, 1.165) is 5.56 Å². The van der Waals surface area contributed by atoms with Gasteiger partial charge in [-0.3, -0.25) is 4.79 Å². The molecule has 21 heavy (non-hydrogen) atoms. The maximum absolute atomic E-state index is 13.6. The molecule has 1 atom stereocenters. The molecule has 1 amide bonds. The summed E-state index contributed by atoms with van der Waals surface area (Å²) >= 11 is 3.21. The van der Waals surface area contributed by atoms with E-state index in [-0.39, 0.29) is 24.6 Å². The highest BCUT2D eigenvalue weighted by molar-refractivity contribution is 9.10. The predicted octanol–water partition coefficient (Wildman–Crippen LogP) is 3.09. The Bertz CT molecular complexity index is 619. The number of aliphatic hydroxyl groups excluding tert-OH is 1. The molecule has 3 nitrogen and oxygen atoms in total. The molecular formula is C16H15BrFNO2. The molecule has 2 aromatic rings. The number of nitrogens with one attached hydrogen (secondary N) is 1. The molecule has 0 aliphatic carbocycles. The highest BCUT2D eigenvalue weighted by atomic mass is 79.9. The molecule has 2 N–H and O–H groups in total. The Balaban J connectivity index is 2.04. The summed E-state index contributed by atoms with van der Waals surface area (Å²) in [5, 5.41) is 12.1. The van der Waals surface area contributed by atoms with Crippen LogP contribution < -0.4 is 5.32 Å². The lowest BCUT2D eigenvalue weighted by atomic mass is 10.00. The number of hydrogen-bond donors (Lipinski definition) is 2. The van der Waals surface area contributed by atoms with Crippen molar-refractivity contribution in [1.29, 1.82) is 0 Å². The number of halogens is 2. The van der Waals surface area contributed by atoms with Crippen molar-refractivity contribution in [2.75, 3.05) is 13.2 Å². The smallest absolute Gasteiger partial charge is 0.254 e. The molecule has 0 saturated heterocycles. The predicted molar refractivity (Wildman–Crippen MR) is 82.7 cm³/mol. The molecule has 0 aliphatic heterocycles. The first-order valence-corrected chi connectivity index (χ1v) is 7.30. The number of aliphatic hydroxyl groups is 1. The molecular weight excluding hydrogens is 337 g/mol. The molecule has 0 aliphatic rings. The van der Waals surface area contributed by atoms with Crippen LogP contribution in [0.15, 0.2) is 53.0 Å². The summed E-state index contributed by atoms with van der Waals surface area (Å²) in [7, 11) is 0. The number of amides is 1. The van der Waals surface area contributed by atoms with E-state index >= 15 is 0 Å². The first-order chi connectivity index (χ1) is 10.1. The Morgan fingerprint density at radius 3 is 2.62 bits per heavy atom. The zero-order chi connectivity index (χ0) is 15.2. The molecule has 0 saturated carbocycles. The molecule has 2 aromatic carbocycles. The third-order valence-corrected chi connectivity index (χ3v) is 3.67. The maximum Gasteiger partial charge on any atom is 0.254 e. The van der Waals surface area contributed by atoms with Gasteiger partial charge in [-0.2, -0.15) is 0 Å². The second-order valence-electron chi connectivity index (χ2n) is 4.62. The van der Waals surface area contributed by atoms with Crippen LogP contribution in [0.2, 0.25) is 0 Å². The van der Waals surface area contributed by atoms with Crippen molar-refractivity contribution in [3.63, 3.8) is 0 Å². The van der Waals surface area contributed by atoms with Crippen LogP contribution in [0.1, 0.15) is 21.8 Å². The second-order valence-corrected chi connectivity index (χ2v) is 5.54. The number of benzene rings is 2. The normalized spacial score (nSPS) is 12.0. The van der Waals surface area contributed by atoms with Gasteiger partial charge in [0.05, 0.1) is 12.2 Å². The fraction of sp³-hybridized carbons (Fsp3) is 0.188. The Morgan fingerprint density at radius 1 is 1.24 bits per heavy atom. The minimum absolute atomic E-state index is 0.0193. The van der Waals surface area contributed by atoms with Gasteiger partial charge in [0, 0.05) is 16.9 Å². The van der Waals surface area contributed by atoms with Crippen LogP contribution in [0, 0.1) is 5.82 Å². The zero-order valence-electron chi connectivity index (χ0n) is 11.2. The first kappa shape index (κ1) is 15.7. The van der Waals surface area contributed by atoms with Crippen molar-refractivity contribution in [3.05, 3.63) is 69.9 Å². The molecule has 0 heterocycles. The van der Waals surface area contributed by atoms with Crippen molar-refractivity contribution in [2.45, 2.75) is 5.92 Å². The van der Waals surface area contributed by atoms with E-state index in [2.05, 4.69) is 21.2 Å². The summed E-state index contributed by atoms with van der Waals surface area (Å²) in [4.78, 5) is 12.0. The summed E-state index contributed by atoms with van der Waals surface area (Å²) in [5.74, 6) is -1.29. The number of hydrogen-bond acceptors (Lipinski definition) is 2. The van der Waals surface area contributed by atoms with Gasteiger partial charge in [0.15, 0.2) is 0 Å². The van der Waals surface area contributed by atoms with Crippen LogP contribution in [0.5, 0.6) is 0 Å². The minimum Gasteiger partial charge on any atom is -0.396 e. The Kier molecular flexibility index (Phi) is 5.47. The molecule has 0 aromatic heterocycles. The van der Waals surface area contributed by atoms with Gasteiger partial charge in [-0.25, -0.2) is 4.39 Å². The van der Waals surface area contributed by atoms with E-state index < -0.39 is 11.7 Å². The van der Waals surface area contributed by atoms with Gasteiger partial charge in [0.1, 0.15) is 5.82 Å². The summed E-state index contributed by atoms with van der Waals surface area (Å²) in [6, 6.07) is 13.6. The molecule has 0 unspecified atom stereocenters. The molecule has 110 valence electrons. The van der Waals surface area contributed by atoms with Crippen molar-refractivity contribution in [2.24, 2.45) is 0 Å². The first-order valence-electron chi connectivity index (χ1n) is 6.51. The SMILES string of the molecule is O=C(NC[C@H](CO)c1ccccc1)c1cc(Br)ccc1F. The van der Waals surface area contributed by atoms with Gasteiger partial charge in [-0.15, -0.1) is 0 Å². The summed E-state index contributed by atoms with van der Waals surface area (Å²) in [6.07, 6.45) is 0. The van der Waals surface area contributed by atoms with Crippen molar-refractivity contribution < 1.29 is 14.3 Å². The molecule has 0 radical (unpaired) electrons. The van der Waals surface area contributed by atoms with Crippen LogP contribution in [0.3, 0.4) is 0 Å². The van der Waals surface area contributed by atoms with E-state index in [9.17, 15) is 14.3 Å². The van der Waals surface area contributed by atoms with E-state index in [1.165, 1.54) is 18.2 Å². The average Bonchev–Trinajstić information content (AvgIpc) is 2.51. The van der Waals surface area contributed by atoms with Crippen molar-refractivity contribution in [3.8, 4) is 0 Å². The zero-order valence-corrected chi connectivity index (χ0v) is 12.8. The van der Waals surface area contributed by atoms with Gasteiger partial charge in [-0.05, 0) is 23.8 Å². The van der Waals surface area contributed by atoms with Gasteiger partial charge in [-0.1, -0.05) is 46.3 Å². The standard InChI is InChI=1S/C16H15BrFNO2/c17-13-6-7-15(18)14(8-13)16(21)19-9-12(10-20)11-4-2-1-3-5-11/h1-8,12,20H,9-10H2,(H,19,21)/t12-/m1/s1. The van der Waals surface area contributed by atoms with Crippen LogP contribution >= 0.6 is 15.9 Å². The van der Waals surface area contributed by atoms with E-state index in [1.807, 2.05) is 30.3 Å². The lowest BCUT2D eigenvalue weighted by Crippen LogP contribution is -2.30. The minimum atomic E-state index is -0.573. The maximum atomic E-state index is 13.6. The molecule has 0 fully saturated rings. The number of carbonyl (C=O) groups is 1. The van der Waals surface area contributed by atoms with Gasteiger partial charge >= 0.3 is 0 Å². The fourth-order valence-electron chi connectivity index (χ4n) is 2.00. The highest BCUT2D eigenvalue weighted by Crippen LogP contribution is 2.17. The Morgan fingerprint density at radius 2 is 1.95 bits per heavy atom. The fourth-order valence-corrected chi connectivity index (χ4v) is 2.36. The average molecular weight is 352 g/mol. The molecule has 0 spiro atoms. The topological polar surface area (TPSA) is 49.3 Å². The van der Waals surface area contributed by atoms with Crippen LogP contribution in [-0.4, -0.2) is 24.2 Å². The van der Waals surface area contributed by atoms with Crippen molar-refractivity contribution in [1.82, 2.24) is 5.32 Å². The van der Waals surface area contributed by atoms with Crippen LogP contribution in [0.4, 0.5) is 4.39 Å². The lowest BCUT2D eigenvalue weighted by Gasteiger charge is -2.15. The third kappa shape index (κ3) is 4.12. The van der Waals surface area contributed by atoms with E-state index in [0.29, 0.717) is 4.47 Å². The number of carbonyl (C=O) groups excluding carboxylic acids is 1. The van der Waals surface area contributed by atoms with Crippen molar-refractivity contribution >= 4 is 21.8 Å². The quantitative estimate of drug-likeness (QED) is 0.869. The number of rotatable bonds is 5. The molecule has 2 rings (SSSR count). The Hall–Kier alpha value is -1.72. The Labute approximate surface area is 130 Å². The van der Waals surface area contributed by atoms with Crippen LogP contribution in [-0.2, 0) is 0 Å². The summed E-state index contributed by atoms with van der Waals surface area (Å²) < 4.78 is 14.3. The second kappa shape index (κ2) is 7.33. The molecule has 0 bridgehead atoms. The van der Waals surface area contributed by atoms with Gasteiger partial charge < -0.3 is 10.4 Å². The van der Waals surface area contributed by atoms with E-state index in [4.69, 9.17) is 0 Å². The third-order valence-electron chi connectivity index (χ3n) is 3.17. The summed E-state index contributed by atoms with van der Waals surface area (Å²) in [6.45, 7) is 0.149. The van der Waals surface area contributed by atoms with Crippen LogP contribution in [0.25, 0.3) is 0 Å². The molecule has 5 heteroatoms. The van der Waals surface area contributed by atoms with Gasteiger partial charge in [0.2, 0.25) is 0 Å². The summed E-state index contributed by atoms with van der Waals surface area (Å²) in [5.41, 5.74) is 0.907.